The van der Waals surface area contributed by atoms with E-state index in [2.05, 4.69) is 4.98 Å². The Morgan fingerprint density at radius 3 is 2.48 bits per heavy atom. The maximum absolute atomic E-state index is 12.9. The molecule has 1 N–H and O–H groups in total. The summed E-state index contributed by atoms with van der Waals surface area (Å²) in [5.41, 5.74) is 1.31. The monoisotopic (exact) mass is 376 g/mol. The first-order valence-electron chi connectivity index (χ1n) is 8.41. The third-order valence-corrected chi connectivity index (χ3v) is 5.35. The van der Waals surface area contributed by atoms with E-state index in [4.69, 9.17) is 0 Å². The van der Waals surface area contributed by atoms with E-state index in [0.717, 1.165) is 10.6 Å². The quantitative estimate of drug-likeness (QED) is 0.425. The smallest absolute Gasteiger partial charge is 0.301 e. The molecule has 5 nitrogen and oxygen atoms in total. The third kappa shape index (κ3) is 2.94. The Morgan fingerprint density at radius 2 is 1.81 bits per heavy atom. The Labute approximate surface area is 160 Å². The van der Waals surface area contributed by atoms with E-state index in [0.29, 0.717) is 11.4 Å². The zero-order chi connectivity index (χ0) is 19.0. The fourth-order valence-corrected chi connectivity index (χ4v) is 4.02. The van der Waals surface area contributed by atoms with Crippen molar-refractivity contribution in [1.82, 2.24) is 4.98 Å². The van der Waals surface area contributed by atoms with Crippen LogP contribution < -0.4 is 4.90 Å². The van der Waals surface area contributed by atoms with Crippen molar-refractivity contribution in [2.24, 2.45) is 0 Å². The number of aliphatic hydroxyl groups excluding tert-OH is 1. The van der Waals surface area contributed by atoms with Gasteiger partial charge in [-0.25, -0.2) is 4.98 Å². The van der Waals surface area contributed by atoms with Gasteiger partial charge in [0.15, 0.2) is 0 Å². The van der Waals surface area contributed by atoms with Crippen molar-refractivity contribution in [2.75, 3.05) is 4.90 Å². The molecule has 27 heavy (non-hydrogen) atoms. The molecule has 3 aromatic rings. The molecule has 1 saturated heterocycles. The molecule has 134 valence electrons. The Morgan fingerprint density at radius 1 is 1.04 bits per heavy atom. The van der Waals surface area contributed by atoms with Crippen molar-refractivity contribution in [3.8, 4) is 0 Å². The van der Waals surface area contributed by atoms with Crippen LogP contribution in [0.4, 0.5) is 5.82 Å². The van der Waals surface area contributed by atoms with Gasteiger partial charge in [-0.05, 0) is 30.5 Å². The van der Waals surface area contributed by atoms with Crippen molar-refractivity contribution in [3.63, 3.8) is 0 Å². The van der Waals surface area contributed by atoms with Crippen LogP contribution in [-0.4, -0.2) is 21.8 Å². The van der Waals surface area contributed by atoms with Crippen LogP contribution in [0.15, 0.2) is 71.6 Å². The van der Waals surface area contributed by atoms with Gasteiger partial charge in [0, 0.05) is 16.1 Å². The van der Waals surface area contributed by atoms with E-state index in [-0.39, 0.29) is 11.3 Å². The molecule has 1 aliphatic rings. The molecule has 1 amide bonds. The lowest BCUT2D eigenvalue weighted by Crippen LogP contribution is -2.30. The first kappa shape index (κ1) is 17.2. The summed E-state index contributed by atoms with van der Waals surface area (Å²) < 4.78 is 0. The minimum absolute atomic E-state index is 0.0805. The first-order chi connectivity index (χ1) is 13.1. The number of aliphatic hydroxyl groups is 1. The molecular weight excluding hydrogens is 360 g/mol. The van der Waals surface area contributed by atoms with Crippen LogP contribution in [0.1, 0.15) is 22.2 Å². The molecule has 4 rings (SSSR count). The van der Waals surface area contributed by atoms with E-state index < -0.39 is 17.7 Å². The van der Waals surface area contributed by atoms with E-state index in [9.17, 15) is 14.7 Å². The molecule has 1 aliphatic heterocycles. The van der Waals surface area contributed by atoms with Crippen molar-refractivity contribution in [3.05, 3.63) is 87.8 Å². The van der Waals surface area contributed by atoms with Crippen LogP contribution in [0, 0.1) is 6.92 Å². The number of carbonyl (C=O) groups is 2. The topological polar surface area (TPSA) is 70.5 Å². The molecule has 0 bridgehead atoms. The lowest BCUT2D eigenvalue weighted by Gasteiger charge is -2.23. The minimum atomic E-state index is -0.710. The van der Waals surface area contributed by atoms with Gasteiger partial charge in [0.25, 0.3) is 5.78 Å². The van der Waals surface area contributed by atoms with Crippen LogP contribution in [0.25, 0.3) is 5.76 Å². The minimum Gasteiger partial charge on any atom is -0.507 e. The van der Waals surface area contributed by atoms with Gasteiger partial charge in [0.1, 0.15) is 17.6 Å². The number of carbonyl (C=O) groups excluding carboxylic acids is 2. The molecule has 2 aromatic heterocycles. The van der Waals surface area contributed by atoms with E-state index in [1.807, 2.05) is 36.6 Å². The number of ketones is 1. The van der Waals surface area contributed by atoms with Crippen LogP contribution in [0.5, 0.6) is 0 Å². The number of aromatic nitrogens is 1. The number of pyridine rings is 1. The molecule has 1 atom stereocenters. The highest BCUT2D eigenvalue weighted by Crippen LogP contribution is 2.42. The van der Waals surface area contributed by atoms with Gasteiger partial charge >= 0.3 is 5.91 Å². The zero-order valence-corrected chi connectivity index (χ0v) is 15.3. The lowest BCUT2D eigenvalue weighted by molar-refractivity contribution is -0.132. The highest BCUT2D eigenvalue weighted by Gasteiger charge is 2.47. The lowest BCUT2D eigenvalue weighted by atomic mass is 10.00. The second-order valence-corrected chi connectivity index (χ2v) is 7.17. The second kappa shape index (κ2) is 6.81. The number of thiophene rings is 1. The normalized spacial score (nSPS) is 18.9. The largest absolute Gasteiger partial charge is 0.507 e. The van der Waals surface area contributed by atoms with Gasteiger partial charge in [-0.15, -0.1) is 11.3 Å². The molecule has 1 fully saturated rings. The average Bonchev–Trinajstić information content (AvgIpc) is 3.29. The van der Waals surface area contributed by atoms with Gasteiger partial charge in [-0.3, -0.25) is 14.5 Å². The summed E-state index contributed by atoms with van der Waals surface area (Å²) in [6.45, 7) is 1.82. The van der Waals surface area contributed by atoms with Crippen LogP contribution in [-0.2, 0) is 9.59 Å². The van der Waals surface area contributed by atoms with E-state index >= 15 is 0 Å². The molecule has 6 heteroatoms. The van der Waals surface area contributed by atoms with Crippen LogP contribution in [0.3, 0.4) is 0 Å². The van der Waals surface area contributed by atoms with Gasteiger partial charge in [0.2, 0.25) is 0 Å². The van der Waals surface area contributed by atoms with Crippen LogP contribution in [0.2, 0.25) is 0 Å². The Balaban J connectivity index is 1.94. The Bertz CT molecular complexity index is 1040. The van der Waals surface area contributed by atoms with Crippen LogP contribution >= 0.6 is 11.3 Å². The number of benzene rings is 1. The highest BCUT2D eigenvalue weighted by atomic mass is 32.1. The fraction of sp³-hybridized carbons (Fsp3) is 0.0952. The molecule has 0 aliphatic carbocycles. The standard InChI is InChI=1S/C21H16N2O3S/c1-13-7-5-11-16(22-13)23-18(15-10-6-12-27-15)17(20(25)21(23)26)19(24)14-8-3-2-4-9-14/h2-12,18,24H,1H3/b19-17-. The Hall–Kier alpha value is -3.25. The molecule has 0 radical (unpaired) electrons. The number of aryl methyl sites for hydroxylation is 1. The predicted octanol–water partition coefficient (Wildman–Crippen LogP) is 4.08. The molecule has 0 spiro atoms. The van der Waals surface area contributed by atoms with Crippen molar-refractivity contribution in [2.45, 2.75) is 13.0 Å². The number of nitrogens with zero attached hydrogens (tertiary/aromatic N) is 2. The third-order valence-electron chi connectivity index (χ3n) is 4.42. The second-order valence-electron chi connectivity index (χ2n) is 6.19. The van der Waals surface area contributed by atoms with Crippen molar-refractivity contribution >= 4 is 34.6 Å². The molecule has 1 aromatic carbocycles. The van der Waals surface area contributed by atoms with Crippen molar-refractivity contribution in [1.29, 1.82) is 0 Å². The average molecular weight is 376 g/mol. The summed E-state index contributed by atoms with van der Waals surface area (Å²) in [5.74, 6) is -1.19. The zero-order valence-electron chi connectivity index (χ0n) is 14.5. The summed E-state index contributed by atoms with van der Waals surface area (Å²) in [5, 5.41) is 12.7. The van der Waals surface area contributed by atoms with Crippen molar-refractivity contribution < 1.29 is 14.7 Å². The maximum Gasteiger partial charge on any atom is 0.301 e. The fourth-order valence-electron chi connectivity index (χ4n) is 3.20. The first-order valence-corrected chi connectivity index (χ1v) is 9.29. The van der Waals surface area contributed by atoms with Gasteiger partial charge in [-0.1, -0.05) is 42.5 Å². The molecular formula is C21H16N2O3S. The highest BCUT2D eigenvalue weighted by molar-refractivity contribution is 7.10. The van der Waals surface area contributed by atoms with Gasteiger partial charge < -0.3 is 5.11 Å². The summed E-state index contributed by atoms with van der Waals surface area (Å²) >= 11 is 1.42. The number of anilines is 1. The summed E-state index contributed by atoms with van der Waals surface area (Å²) in [6, 6.07) is 17.1. The number of Topliss-reactive ketones (excluding diaryl/α,β-unsaturated/α-hetero) is 1. The predicted molar refractivity (Wildman–Crippen MR) is 105 cm³/mol. The summed E-state index contributed by atoms with van der Waals surface area (Å²) in [7, 11) is 0. The molecule has 1 unspecified atom stereocenters. The number of hydrogen-bond donors (Lipinski definition) is 1. The SMILES string of the molecule is Cc1cccc(N2C(=O)C(=O)/C(=C(\O)c3ccccc3)C2c2cccs2)n1. The summed E-state index contributed by atoms with van der Waals surface area (Å²) in [4.78, 5) is 32.3. The van der Waals surface area contributed by atoms with E-state index in [1.54, 1.807) is 36.4 Å². The number of rotatable bonds is 3. The molecule has 0 saturated carbocycles. The van der Waals surface area contributed by atoms with Gasteiger partial charge in [-0.2, -0.15) is 0 Å². The molecule has 3 heterocycles. The van der Waals surface area contributed by atoms with E-state index in [1.165, 1.54) is 16.2 Å². The Kier molecular flexibility index (Phi) is 4.33. The summed E-state index contributed by atoms with van der Waals surface area (Å²) in [6.07, 6.45) is 0. The van der Waals surface area contributed by atoms with Gasteiger partial charge in [0.05, 0.1) is 5.57 Å². The number of amides is 1. The maximum atomic E-state index is 12.9. The number of hydrogen-bond acceptors (Lipinski definition) is 5.